The Morgan fingerprint density at radius 2 is 1.85 bits per heavy atom. The Morgan fingerprint density at radius 3 is 2.23 bits per heavy atom. The van der Waals surface area contributed by atoms with Gasteiger partial charge in [0, 0.05) is 6.04 Å². The second-order valence-electron chi connectivity index (χ2n) is 2.64. The molecule has 82 valence electrons. The van der Waals surface area contributed by atoms with Crippen LogP contribution in [0.1, 0.15) is 25.7 Å². The second kappa shape index (κ2) is 12.0. The second-order valence-corrected chi connectivity index (χ2v) is 2.64. The van der Waals surface area contributed by atoms with Gasteiger partial charge in [-0.05, 0) is 19.4 Å². The van der Waals surface area contributed by atoms with Gasteiger partial charge in [0.05, 0.1) is 6.42 Å². The molecule has 5 N–H and O–H groups in total. The Hall–Kier alpha value is -0.0300. The van der Waals surface area contributed by atoms with Crippen LogP contribution >= 0.6 is 24.8 Å². The van der Waals surface area contributed by atoms with Gasteiger partial charge >= 0.3 is 5.97 Å². The van der Waals surface area contributed by atoms with E-state index in [9.17, 15) is 4.79 Å². The molecule has 6 heteroatoms. The molecule has 0 amide bonds. The Kier molecular flexibility index (Phi) is 17.2. The van der Waals surface area contributed by atoms with Crippen LogP contribution in [-0.2, 0) is 4.79 Å². The molecule has 0 aromatic carbocycles. The Bertz CT molecular complexity index is 125. The third kappa shape index (κ3) is 14.8. The summed E-state index contributed by atoms with van der Waals surface area (Å²) in [6.45, 7) is 0.653. The van der Waals surface area contributed by atoms with E-state index in [1.54, 1.807) is 0 Å². The fourth-order valence-corrected chi connectivity index (χ4v) is 0.877. The van der Waals surface area contributed by atoms with Crippen molar-refractivity contribution < 1.29 is 9.90 Å². The van der Waals surface area contributed by atoms with Crippen LogP contribution in [0, 0.1) is 0 Å². The zero-order valence-electron chi connectivity index (χ0n) is 7.44. The molecular weight excluding hydrogens is 215 g/mol. The van der Waals surface area contributed by atoms with Gasteiger partial charge in [0.15, 0.2) is 0 Å². The van der Waals surface area contributed by atoms with Crippen molar-refractivity contribution in [2.45, 2.75) is 31.7 Å². The minimum Gasteiger partial charge on any atom is -0.481 e. The standard InChI is InChI=1S/C7H16N2O2.2ClH/c8-4-2-1-3-6(9)5-7(10)11;;/h6H,1-5,8-9H2,(H,10,11);2*1H. The van der Waals surface area contributed by atoms with E-state index in [0.29, 0.717) is 6.54 Å². The van der Waals surface area contributed by atoms with Gasteiger partial charge in [-0.15, -0.1) is 24.8 Å². The lowest BCUT2D eigenvalue weighted by Crippen LogP contribution is -2.23. The van der Waals surface area contributed by atoms with E-state index in [-0.39, 0.29) is 37.3 Å². The van der Waals surface area contributed by atoms with E-state index in [1.165, 1.54) is 0 Å². The Balaban J connectivity index is -0.000000500. The smallest absolute Gasteiger partial charge is 0.304 e. The number of carboxylic acids is 1. The third-order valence-corrected chi connectivity index (χ3v) is 1.47. The van der Waals surface area contributed by atoms with Crippen molar-refractivity contribution in [1.29, 1.82) is 0 Å². The number of carbonyl (C=O) groups is 1. The van der Waals surface area contributed by atoms with E-state index in [4.69, 9.17) is 16.6 Å². The van der Waals surface area contributed by atoms with Crippen molar-refractivity contribution in [2.75, 3.05) is 6.54 Å². The summed E-state index contributed by atoms with van der Waals surface area (Å²) in [6, 6.07) is -0.209. The molecule has 0 aromatic heterocycles. The van der Waals surface area contributed by atoms with E-state index in [1.807, 2.05) is 0 Å². The number of unbranched alkanes of at least 4 members (excludes halogenated alkanes) is 1. The summed E-state index contributed by atoms with van der Waals surface area (Å²) >= 11 is 0. The van der Waals surface area contributed by atoms with Crippen molar-refractivity contribution in [2.24, 2.45) is 11.5 Å². The molecule has 0 aliphatic carbocycles. The maximum Gasteiger partial charge on any atom is 0.304 e. The van der Waals surface area contributed by atoms with Gasteiger partial charge in [-0.25, -0.2) is 0 Å². The largest absolute Gasteiger partial charge is 0.481 e. The summed E-state index contributed by atoms with van der Waals surface area (Å²) in [5.41, 5.74) is 10.8. The van der Waals surface area contributed by atoms with Crippen LogP contribution in [-0.4, -0.2) is 23.7 Å². The molecule has 1 atom stereocenters. The molecule has 0 radical (unpaired) electrons. The van der Waals surface area contributed by atoms with Crippen LogP contribution in [0.2, 0.25) is 0 Å². The molecule has 0 aliphatic heterocycles. The monoisotopic (exact) mass is 232 g/mol. The quantitative estimate of drug-likeness (QED) is 0.591. The topological polar surface area (TPSA) is 89.3 Å². The SMILES string of the molecule is Cl.Cl.NCCCCC(N)CC(=O)O. The molecule has 1 unspecified atom stereocenters. The van der Waals surface area contributed by atoms with E-state index in [2.05, 4.69) is 0 Å². The molecule has 13 heavy (non-hydrogen) atoms. The first-order chi connectivity index (χ1) is 5.16. The molecule has 0 saturated heterocycles. The third-order valence-electron chi connectivity index (χ3n) is 1.47. The zero-order valence-corrected chi connectivity index (χ0v) is 9.07. The molecule has 4 nitrogen and oxygen atoms in total. The summed E-state index contributed by atoms with van der Waals surface area (Å²) in [7, 11) is 0. The van der Waals surface area contributed by atoms with Crippen molar-refractivity contribution in [3.05, 3.63) is 0 Å². The van der Waals surface area contributed by atoms with E-state index >= 15 is 0 Å². The highest BCUT2D eigenvalue weighted by molar-refractivity contribution is 5.85. The van der Waals surface area contributed by atoms with Gasteiger partial charge in [-0.3, -0.25) is 4.79 Å². The maximum atomic E-state index is 10.1. The summed E-state index contributed by atoms with van der Waals surface area (Å²) in [4.78, 5) is 10.1. The Morgan fingerprint density at radius 1 is 1.31 bits per heavy atom. The average Bonchev–Trinajstić information content (AvgIpc) is 1.86. The highest BCUT2D eigenvalue weighted by atomic mass is 35.5. The molecular formula is C7H18Cl2N2O2. The van der Waals surface area contributed by atoms with E-state index in [0.717, 1.165) is 19.3 Å². The first-order valence-corrected chi connectivity index (χ1v) is 3.84. The molecule has 0 rings (SSSR count). The lowest BCUT2D eigenvalue weighted by Gasteiger charge is -2.06. The predicted octanol–water partition coefficient (Wildman–Crippen LogP) is 0.761. The van der Waals surface area contributed by atoms with Crippen molar-refractivity contribution in [3.8, 4) is 0 Å². The molecule has 0 saturated carbocycles. The molecule has 0 fully saturated rings. The Labute approximate surface area is 90.9 Å². The number of nitrogens with two attached hydrogens (primary N) is 2. The van der Waals surface area contributed by atoms with Crippen molar-refractivity contribution in [3.63, 3.8) is 0 Å². The molecule has 0 bridgehead atoms. The highest BCUT2D eigenvalue weighted by Gasteiger charge is 2.06. The summed E-state index contributed by atoms with van der Waals surface area (Å²) in [6.07, 6.45) is 2.66. The fraction of sp³-hybridized carbons (Fsp3) is 0.857. The number of hydrogen-bond donors (Lipinski definition) is 3. The van der Waals surface area contributed by atoms with Gasteiger partial charge in [0.2, 0.25) is 0 Å². The van der Waals surface area contributed by atoms with Crippen LogP contribution in [0.25, 0.3) is 0 Å². The molecule has 0 heterocycles. The van der Waals surface area contributed by atoms with Crippen molar-refractivity contribution in [1.82, 2.24) is 0 Å². The normalized spacial score (nSPS) is 10.9. The first-order valence-electron chi connectivity index (χ1n) is 3.84. The lowest BCUT2D eigenvalue weighted by atomic mass is 10.1. The van der Waals surface area contributed by atoms with Gasteiger partial charge in [-0.2, -0.15) is 0 Å². The predicted molar refractivity (Wildman–Crippen MR) is 57.6 cm³/mol. The average molecular weight is 233 g/mol. The van der Waals surface area contributed by atoms with E-state index < -0.39 is 5.97 Å². The fourth-order valence-electron chi connectivity index (χ4n) is 0.877. The first kappa shape index (κ1) is 18.7. The maximum absolute atomic E-state index is 10.1. The zero-order chi connectivity index (χ0) is 8.69. The lowest BCUT2D eigenvalue weighted by molar-refractivity contribution is -0.137. The van der Waals surface area contributed by atoms with Crippen LogP contribution < -0.4 is 11.5 Å². The summed E-state index contributed by atoms with van der Waals surface area (Å²) in [5.74, 6) is -0.828. The van der Waals surface area contributed by atoms with Crippen LogP contribution in [0.4, 0.5) is 0 Å². The van der Waals surface area contributed by atoms with Gasteiger partial charge in [0.25, 0.3) is 0 Å². The molecule has 0 spiro atoms. The van der Waals surface area contributed by atoms with Gasteiger partial charge < -0.3 is 16.6 Å². The number of hydrogen-bond acceptors (Lipinski definition) is 3. The minimum absolute atomic E-state index is 0. The molecule has 0 aromatic rings. The number of carboxylic acid groups (broad SMARTS) is 1. The van der Waals surface area contributed by atoms with Gasteiger partial charge in [-0.1, -0.05) is 6.42 Å². The number of aliphatic carboxylic acids is 1. The summed E-state index contributed by atoms with van der Waals surface area (Å²) in [5, 5.41) is 8.34. The highest BCUT2D eigenvalue weighted by Crippen LogP contribution is 2.00. The molecule has 0 aliphatic rings. The minimum atomic E-state index is -0.828. The van der Waals surface area contributed by atoms with Crippen LogP contribution in [0.15, 0.2) is 0 Å². The van der Waals surface area contributed by atoms with Crippen LogP contribution in [0.3, 0.4) is 0 Å². The van der Waals surface area contributed by atoms with Gasteiger partial charge in [0.1, 0.15) is 0 Å². The number of halogens is 2. The van der Waals surface area contributed by atoms with Crippen molar-refractivity contribution >= 4 is 30.8 Å². The summed E-state index contributed by atoms with van der Waals surface area (Å²) < 4.78 is 0. The van der Waals surface area contributed by atoms with Crippen LogP contribution in [0.5, 0.6) is 0 Å². The number of rotatable bonds is 6.